The number of nitrogens with two attached hydrogens (primary N) is 1. The van der Waals surface area contributed by atoms with Crippen LogP contribution in [0.2, 0.25) is 0 Å². The third-order valence-corrected chi connectivity index (χ3v) is 4.31. The van der Waals surface area contributed by atoms with Gasteiger partial charge in [0.25, 0.3) is 5.91 Å². The van der Waals surface area contributed by atoms with Gasteiger partial charge in [-0.1, -0.05) is 12.1 Å². The average Bonchev–Trinajstić information content (AvgIpc) is 2.58. The fourth-order valence-corrected chi connectivity index (χ4v) is 2.90. The van der Waals surface area contributed by atoms with Crippen molar-refractivity contribution in [2.75, 3.05) is 31.9 Å². The molecule has 132 valence electrons. The Balaban J connectivity index is 1.63. The standard InChI is InChI=1S/C18H18F3N3O/c19-14-2-1-3-15(20)17(14)18(25)24-8-6-23(7-9-24)11-12-4-5-13(22)10-16(12)21/h1-5,10H,6-9,11,22H2. The Labute approximate surface area is 143 Å². The monoisotopic (exact) mass is 349 g/mol. The summed E-state index contributed by atoms with van der Waals surface area (Å²) >= 11 is 0. The summed E-state index contributed by atoms with van der Waals surface area (Å²) in [5.74, 6) is -2.76. The molecule has 1 fully saturated rings. The van der Waals surface area contributed by atoms with Crippen LogP contribution in [0.1, 0.15) is 15.9 Å². The number of rotatable bonds is 3. The number of nitrogens with zero attached hydrogens (tertiary/aromatic N) is 2. The average molecular weight is 349 g/mol. The topological polar surface area (TPSA) is 49.6 Å². The lowest BCUT2D eigenvalue weighted by molar-refractivity contribution is 0.0617. The number of nitrogen functional groups attached to an aromatic ring is 1. The Morgan fingerprint density at radius 1 is 0.960 bits per heavy atom. The molecule has 1 amide bonds. The summed E-state index contributed by atoms with van der Waals surface area (Å²) in [6.45, 7) is 2.02. The Hall–Kier alpha value is -2.54. The van der Waals surface area contributed by atoms with E-state index >= 15 is 0 Å². The van der Waals surface area contributed by atoms with E-state index in [9.17, 15) is 18.0 Å². The van der Waals surface area contributed by atoms with Crippen molar-refractivity contribution in [2.45, 2.75) is 6.54 Å². The molecule has 0 spiro atoms. The molecule has 2 aromatic carbocycles. The number of amides is 1. The fourth-order valence-electron chi connectivity index (χ4n) is 2.90. The fraction of sp³-hybridized carbons (Fsp3) is 0.278. The molecule has 0 atom stereocenters. The predicted molar refractivity (Wildman–Crippen MR) is 88.4 cm³/mol. The summed E-state index contributed by atoms with van der Waals surface area (Å²) in [5, 5.41) is 0. The van der Waals surface area contributed by atoms with Crippen LogP contribution >= 0.6 is 0 Å². The Kier molecular flexibility index (Phi) is 4.94. The molecule has 2 aromatic rings. The maximum Gasteiger partial charge on any atom is 0.259 e. The number of anilines is 1. The third kappa shape index (κ3) is 3.76. The summed E-state index contributed by atoms with van der Waals surface area (Å²) in [6.07, 6.45) is 0. The molecule has 25 heavy (non-hydrogen) atoms. The van der Waals surface area contributed by atoms with E-state index in [1.165, 1.54) is 17.0 Å². The molecule has 0 unspecified atom stereocenters. The highest BCUT2D eigenvalue weighted by Gasteiger charge is 2.26. The minimum atomic E-state index is -0.864. The first-order valence-corrected chi connectivity index (χ1v) is 7.95. The van der Waals surface area contributed by atoms with Gasteiger partial charge in [-0.2, -0.15) is 0 Å². The molecule has 1 aliphatic rings. The van der Waals surface area contributed by atoms with E-state index in [1.807, 2.05) is 4.90 Å². The number of benzene rings is 2. The van der Waals surface area contributed by atoms with Gasteiger partial charge in [-0.25, -0.2) is 13.2 Å². The van der Waals surface area contributed by atoms with Crippen LogP contribution in [0.5, 0.6) is 0 Å². The lowest BCUT2D eigenvalue weighted by Crippen LogP contribution is -2.48. The molecule has 0 bridgehead atoms. The van der Waals surface area contributed by atoms with Crippen LogP contribution in [0.25, 0.3) is 0 Å². The van der Waals surface area contributed by atoms with Gasteiger partial charge in [0, 0.05) is 44.0 Å². The molecular formula is C18H18F3N3O. The van der Waals surface area contributed by atoms with Gasteiger partial charge in [0.05, 0.1) is 0 Å². The van der Waals surface area contributed by atoms with Crippen LogP contribution < -0.4 is 5.73 Å². The highest BCUT2D eigenvalue weighted by Crippen LogP contribution is 2.18. The second-order valence-electron chi connectivity index (χ2n) is 6.02. The van der Waals surface area contributed by atoms with Gasteiger partial charge in [0.15, 0.2) is 0 Å². The van der Waals surface area contributed by atoms with E-state index in [2.05, 4.69) is 0 Å². The van der Waals surface area contributed by atoms with E-state index in [1.54, 1.807) is 12.1 Å². The van der Waals surface area contributed by atoms with Gasteiger partial charge in [0.2, 0.25) is 0 Å². The maximum absolute atomic E-state index is 13.9. The van der Waals surface area contributed by atoms with E-state index in [0.29, 0.717) is 44.0 Å². The molecule has 0 aromatic heterocycles. The van der Waals surface area contributed by atoms with Crippen LogP contribution in [0.4, 0.5) is 18.9 Å². The molecule has 3 rings (SSSR count). The number of halogens is 3. The van der Waals surface area contributed by atoms with E-state index in [0.717, 1.165) is 12.1 Å². The van der Waals surface area contributed by atoms with Crippen LogP contribution in [0.15, 0.2) is 36.4 Å². The van der Waals surface area contributed by atoms with Gasteiger partial charge in [-0.05, 0) is 24.3 Å². The minimum absolute atomic E-state index is 0.323. The van der Waals surface area contributed by atoms with Gasteiger partial charge in [-0.15, -0.1) is 0 Å². The largest absolute Gasteiger partial charge is 0.399 e. The molecule has 7 heteroatoms. The molecule has 0 saturated carbocycles. The lowest BCUT2D eigenvalue weighted by atomic mass is 10.1. The summed E-state index contributed by atoms with van der Waals surface area (Å²) in [6, 6.07) is 7.90. The summed E-state index contributed by atoms with van der Waals surface area (Å²) < 4.78 is 41.4. The van der Waals surface area contributed by atoms with Crippen molar-refractivity contribution >= 4 is 11.6 Å². The van der Waals surface area contributed by atoms with E-state index < -0.39 is 23.1 Å². The van der Waals surface area contributed by atoms with E-state index in [-0.39, 0.29) is 5.82 Å². The lowest BCUT2D eigenvalue weighted by Gasteiger charge is -2.35. The number of hydrogen-bond donors (Lipinski definition) is 1. The second kappa shape index (κ2) is 7.14. The van der Waals surface area contributed by atoms with Crippen LogP contribution in [-0.2, 0) is 6.54 Å². The highest BCUT2D eigenvalue weighted by atomic mass is 19.1. The normalized spacial score (nSPS) is 15.4. The quantitative estimate of drug-likeness (QED) is 0.867. The van der Waals surface area contributed by atoms with Crippen LogP contribution in [-0.4, -0.2) is 41.9 Å². The Bertz CT molecular complexity index is 769. The number of hydrogen-bond acceptors (Lipinski definition) is 3. The molecule has 1 heterocycles. The first-order valence-electron chi connectivity index (χ1n) is 7.95. The SMILES string of the molecule is Nc1ccc(CN2CCN(C(=O)c3c(F)cccc3F)CC2)c(F)c1. The second-order valence-corrected chi connectivity index (χ2v) is 6.02. The summed E-state index contributed by atoms with van der Waals surface area (Å²) in [4.78, 5) is 15.7. The van der Waals surface area contributed by atoms with Gasteiger partial charge in [-0.3, -0.25) is 9.69 Å². The zero-order chi connectivity index (χ0) is 18.0. The van der Waals surface area contributed by atoms with Crippen molar-refractivity contribution in [1.29, 1.82) is 0 Å². The highest BCUT2D eigenvalue weighted by molar-refractivity contribution is 5.94. The first-order chi connectivity index (χ1) is 12.0. The molecule has 0 radical (unpaired) electrons. The van der Waals surface area contributed by atoms with Crippen molar-refractivity contribution in [1.82, 2.24) is 9.80 Å². The smallest absolute Gasteiger partial charge is 0.259 e. The van der Waals surface area contributed by atoms with E-state index in [4.69, 9.17) is 5.73 Å². The van der Waals surface area contributed by atoms with Crippen molar-refractivity contribution in [3.05, 3.63) is 65.0 Å². The van der Waals surface area contributed by atoms with Gasteiger partial charge < -0.3 is 10.6 Å². The van der Waals surface area contributed by atoms with Crippen molar-refractivity contribution in [3.8, 4) is 0 Å². The molecule has 0 aliphatic carbocycles. The third-order valence-electron chi connectivity index (χ3n) is 4.31. The van der Waals surface area contributed by atoms with Gasteiger partial charge in [0.1, 0.15) is 23.0 Å². The van der Waals surface area contributed by atoms with Gasteiger partial charge >= 0.3 is 0 Å². The van der Waals surface area contributed by atoms with Crippen molar-refractivity contribution in [2.24, 2.45) is 0 Å². The van der Waals surface area contributed by atoms with Crippen LogP contribution in [0.3, 0.4) is 0 Å². The van der Waals surface area contributed by atoms with Crippen molar-refractivity contribution in [3.63, 3.8) is 0 Å². The first kappa shape index (κ1) is 17.3. The predicted octanol–water partition coefficient (Wildman–Crippen LogP) is 2.64. The number of carbonyl (C=O) groups is 1. The number of carbonyl (C=O) groups excluding carboxylic acids is 1. The van der Waals surface area contributed by atoms with Crippen LogP contribution in [0, 0.1) is 17.5 Å². The Morgan fingerprint density at radius 3 is 2.20 bits per heavy atom. The molecule has 1 saturated heterocycles. The Morgan fingerprint density at radius 2 is 1.60 bits per heavy atom. The molecule has 1 aliphatic heterocycles. The van der Waals surface area contributed by atoms with Crippen molar-refractivity contribution < 1.29 is 18.0 Å². The zero-order valence-corrected chi connectivity index (χ0v) is 13.5. The molecule has 2 N–H and O–H groups in total. The minimum Gasteiger partial charge on any atom is -0.399 e. The maximum atomic E-state index is 13.9. The molecular weight excluding hydrogens is 331 g/mol. The number of piperazine rings is 1. The zero-order valence-electron chi connectivity index (χ0n) is 13.5. The summed E-state index contributed by atoms with van der Waals surface area (Å²) in [7, 11) is 0. The summed E-state index contributed by atoms with van der Waals surface area (Å²) in [5.41, 5.74) is 5.89. The molecule has 4 nitrogen and oxygen atoms in total.